The minimum Gasteiger partial charge on any atom is -0.256 e. The predicted octanol–water partition coefficient (Wildman–Crippen LogP) is 5.32. The van der Waals surface area contributed by atoms with Crippen LogP contribution in [-0.2, 0) is 0 Å². The molecule has 0 saturated heterocycles. The largest absolute Gasteiger partial charge is 0.256 e. The van der Waals surface area contributed by atoms with E-state index in [0.29, 0.717) is 22.5 Å². The van der Waals surface area contributed by atoms with E-state index in [1.54, 1.807) is 18.3 Å². The smallest absolute Gasteiger partial charge is 0.243 e. The molecule has 0 amide bonds. The quantitative estimate of drug-likeness (QED) is 0.506. The first-order valence-corrected chi connectivity index (χ1v) is 8.34. The van der Waals surface area contributed by atoms with Crippen molar-refractivity contribution < 1.29 is 4.39 Å². The Morgan fingerprint density at radius 1 is 0.731 bits per heavy atom. The van der Waals surface area contributed by atoms with E-state index >= 15 is 0 Å². The minimum atomic E-state index is -0.625. The fourth-order valence-corrected chi connectivity index (χ4v) is 3.07. The topological polar surface area (TPSA) is 38.7 Å². The van der Waals surface area contributed by atoms with Gasteiger partial charge in [-0.1, -0.05) is 60.7 Å². The number of hydrogen-bond donors (Lipinski definition) is 0. The summed E-state index contributed by atoms with van der Waals surface area (Å²) in [5.41, 5.74) is 5.11. The van der Waals surface area contributed by atoms with Gasteiger partial charge in [-0.2, -0.15) is 4.39 Å². The third-order valence-corrected chi connectivity index (χ3v) is 4.31. The van der Waals surface area contributed by atoms with Gasteiger partial charge in [-0.05, 0) is 30.2 Å². The molecule has 0 bridgehead atoms. The highest BCUT2D eigenvalue weighted by atomic mass is 19.1. The van der Waals surface area contributed by atoms with Crippen LogP contribution in [0.5, 0.6) is 0 Å². The Balaban J connectivity index is 2.10. The van der Waals surface area contributed by atoms with Crippen LogP contribution in [0.4, 0.5) is 4.39 Å². The summed E-state index contributed by atoms with van der Waals surface area (Å²) in [7, 11) is 0. The van der Waals surface area contributed by atoms with E-state index in [-0.39, 0.29) is 0 Å². The molecule has 0 aliphatic heterocycles. The van der Waals surface area contributed by atoms with Crippen molar-refractivity contribution in [3.8, 4) is 33.6 Å². The second kappa shape index (κ2) is 6.84. The van der Waals surface area contributed by atoms with E-state index < -0.39 is 5.95 Å². The highest BCUT2D eigenvalue weighted by molar-refractivity contribution is 5.92. The Morgan fingerprint density at radius 2 is 1.46 bits per heavy atom. The molecule has 0 fully saturated rings. The van der Waals surface area contributed by atoms with Gasteiger partial charge in [0.15, 0.2) is 0 Å². The van der Waals surface area contributed by atoms with Crippen LogP contribution in [0.15, 0.2) is 79.0 Å². The van der Waals surface area contributed by atoms with E-state index in [4.69, 9.17) is 0 Å². The maximum absolute atomic E-state index is 14.8. The van der Waals surface area contributed by atoms with Crippen LogP contribution in [-0.4, -0.2) is 15.2 Å². The molecule has 0 aliphatic rings. The van der Waals surface area contributed by atoms with E-state index in [1.165, 1.54) is 0 Å². The van der Waals surface area contributed by atoms with Crippen molar-refractivity contribution in [3.63, 3.8) is 0 Å². The van der Waals surface area contributed by atoms with Gasteiger partial charge in [0.05, 0.1) is 11.3 Å². The van der Waals surface area contributed by atoms with Gasteiger partial charge < -0.3 is 0 Å². The number of rotatable bonds is 3. The molecule has 0 spiro atoms. The summed E-state index contributed by atoms with van der Waals surface area (Å²) >= 11 is 0. The molecule has 126 valence electrons. The number of benzene rings is 2. The monoisotopic (exact) mass is 341 g/mol. The lowest BCUT2D eigenvalue weighted by atomic mass is 9.92. The Hall–Kier alpha value is -3.40. The van der Waals surface area contributed by atoms with Crippen molar-refractivity contribution >= 4 is 0 Å². The van der Waals surface area contributed by atoms with Crippen molar-refractivity contribution in [1.82, 2.24) is 15.2 Å². The molecule has 0 aliphatic carbocycles. The van der Waals surface area contributed by atoms with E-state index in [2.05, 4.69) is 15.2 Å². The lowest BCUT2D eigenvalue weighted by Crippen LogP contribution is -2.02. The number of aryl methyl sites for hydroxylation is 1. The molecule has 0 saturated carbocycles. The second-order valence-electron chi connectivity index (χ2n) is 5.99. The third-order valence-electron chi connectivity index (χ3n) is 4.31. The summed E-state index contributed by atoms with van der Waals surface area (Å²) in [5, 5.41) is 8.02. The zero-order valence-corrected chi connectivity index (χ0v) is 14.2. The van der Waals surface area contributed by atoms with Crippen molar-refractivity contribution in [2.75, 3.05) is 0 Å². The molecule has 0 atom stereocenters. The summed E-state index contributed by atoms with van der Waals surface area (Å²) in [6.07, 6.45) is 1.65. The van der Waals surface area contributed by atoms with Gasteiger partial charge in [0.2, 0.25) is 5.95 Å². The molecule has 2 aromatic carbocycles. The molecule has 0 N–H and O–H groups in total. The Kier molecular flexibility index (Phi) is 4.23. The Morgan fingerprint density at radius 3 is 2.19 bits per heavy atom. The fraction of sp³-hybridized carbons (Fsp3) is 0.0455. The molecule has 0 unspecified atom stereocenters. The van der Waals surface area contributed by atoms with E-state index in [0.717, 1.165) is 16.7 Å². The summed E-state index contributed by atoms with van der Waals surface area (Å²) in [6.45, 7) is 2.01. The Bertz CT molecular complexity index is 1050. The van der Waals surface area contributed by atoms with Crippen LogP contribution in [0.1, 0.15) is 5.56 Å². The van der Waals surface area contributed by atoms with Gasteiger partial charge >= 0.3 is 0 Å². The van der Waals surface area contributed by atoms with Crippen molar-refractivity contribution in [3.05, 3.63) is 90.5 Å². The van der Waals surface area contributed by atoms with Gasteiger partial charge in [0.1, 0.15) is 5.69 Å². The number of pyridine rings is 1. The van der Waals surface area contributed by atoms with Crippen LogP contribution < -0.4 is 0 Å². The normalized spacial score (nSPS) is 10.7. The van der Waals surface area contributed by atoms with Gasteiger partial charge in [0.25, 0.3) is 0 Å². The third kappa shape index (κ3) is 2.86. The van der Waals surface area contributed by atoms with Crippen molar-refractivity contribution in [2.24, 2.45) is 0 Å². The summed E-state index contributed by atoms with van der Waals surface area (Å²) in [5.74, 6) is -0.625. The average Bonchev–Trinajstić information content (AvgIpc) is 2.70. The van der Waals surface area contributed by atoms with Gasteiger partial charge in [-0.25, -0.2) is 0 Å². The molecular formula is C22H16FN3. The van der Waals surface area contributed by atoms with Crippen molar-refractivity contribution in [1.29, 1.82) is 0 Å². The molecule has 4 heteroatoms. The minimum absolute atomic E-state index is 0.366. The Labute approximate surface area is 151 Å². The van der Waals surface area contributed by atoms with Crippen LogP contribution in [0.3, 0.4) is 0 Å². The SMILES string of the molecule is Cc1ccccc1-c1nnc(F)c(-c2ccccn2)c1-c1ccccc1. The molecule has 4 rings (SSSR count). The van der Waals surface area contributed by atoms with E-state index in [9.17, 15) is 4.39 Å². The van der Waals surface area contributed by atoms with Crippen LogP contribution in [0.2, 0.25) is 0 Å². The summed E-state index contributed by atoms with van der Waals surface area (Å²) < 4.78 is 14.8. The van der Waals surface area contributed by atoms with Crippen LogP contribution >= 0.6 is 0 Å². The highest BCUT2D eigenvalue weighted by Crippen LogP contribution is 2.39. The molecule has 4 aromatic rings. The summed E-state index contributed by atoms with van der Waals surface area (Å²) in [6, 6.07) is 23.0. The number of hydrogen-bond acceptors (Lipinski definition) is 3. The number of nitrogens with zero attached hydrogens (tertiary/aromatic N) is 3. The van der Waals surface area contributed by atoms with Gasteiger partial charge in [-0.3, -0.25) is 4.98 Å². The molecule has 2 aromatic heterocycles. The lowest BCUT2D eigenvalue weighted by Gasteiger charge is -2.15. The van der Waals surface area contributed by atoms with Crippen LogP contribution in [0.25, 0.3) is 33.6 Å². The van der Waals surface area contributed by atoms with Gasteiger partial charge in [-0.15, -0.1) is 10.2 Å². The fourth-order valence-electron chi connectivity index (χ4n) is 3.07. The molecule has 0 radical (unpaired) electrons. The zero-order valence-electron chi connectivity index (χ0n) is 14.2. The van der Waals surface area contributed by atoms with E-state index in [1.807, 2.05) is 67.6 Å². The molecule has 3 nitrogen and oxygen atoms in total. The predicted molar refractivity (Wildman–Crippen MR) is 101 cm³/mol. The maximum atomic E-state index is 14.8. The summed E-state index contributed by atoms with van der Waals surface area (Å²) in [4.78, 5) is 4.35. The standard InChI is InChI=1S/C22H16FN3/c1-15-9-5-6-12-17(15)21-19(16-10-3-2-4-11-16)20(22(23)26-25-21)18-13-7-8-14-24-18/h2-14H,1H3. The second-order valence-corrected chi connectivity index (χ2v) is 5.99. The highest BCUT2D eigenvalue weighted by Gasteiger charge is 2.22. The van der Waals surface area contributed by atoms with Crippen molar-refractivity contribution in [2.45, 2.75) is 6.92 Å². The van der Waals surface area contributed by atoms with Gasteiger partial charge in [0, 0.05) is 17.3 Å². The first-order valence-electron chi connectivity index (χ1n) is 8.34. The molecule has 2 heterocycles. The number of aromatic nitrogens is 3. The molecular weight excluding hydrogens is 325 g/mol. The lowest BCUT2D eigenvalue weighted by molar-refractivity contribution is 0.568. The molecule has 26 heavy (non-hydrogen) atoms. The zero-order chi connectivity index (χ0) is 17.9. The first kappa shape index (κ1) is 16.1. The number of halogens is 1. The van der Waals surface area contributed by atoms with Crippen LogP contribution in [0, 0.1) is 12.9 Å². The first-order chi connectivity index (χ1) is 12.8. The average molecular weight is 341 g/mol. The maximum Gasteiger partial charge on any atom is 0.243 e.